The fourth-order valence-corrected chi connectivity index (χ4v) is 2.43. The number of hydrogen-bond donors (Lipinski definition) is 2. The topological polar surface area (TPSA) is 90.3 Å². The summed E-state index contributed by atoms with van der Waals surface area (Å²) in [4.78, 5) is 8.06. The highest BCUT2D eigenvalue weighted by atomic mass is 15.2. The lowest BCUT2D eigenvalue weighted by Crippen LogP contribution is -1.95. The Kier molecular flexibility index (Phi) is 3.11. The van der Waals surface area contributed by atoms with Crippen LogP contribution >= 0.6 is 0 Å². The van der Waals surface area contributed by atoms with Crippen molar-refractivity contribution in [1.29, 1.82) is 5.26 Å². The molecule has 0 atom stereocenters. The lowest BCUT2D eigenvalue weighted by atomic mass is 10.0. The lowest BCUT2D eigenvalue weighted by molar-refractivity contribution is 0.693. The smallest absolute Gasteiger partial charge is 0.158 e. The maximum absolute atomic E-state index is 8.65. The second-order valence-corrected chi connectivity index (χ2v) is 4.71. The van der Waals surface area contributed by atoms with Crippen LogP contribution in [0.25, 0.3) is 0 Å². The second kappa shape index (κ2) is 5.06. The molecule has 0 bridgehead atoms. The van der Waals surface area contributed by atoms with Crippen molar-refractivity contribution in [2.24, 2.45) is 0 Å². The number of nitrogens with one attached hydrogen (secondary N) is 2. The first-order valence-corrected chi connectivity index (χ1v) is 6.39. The summed E-state index contributed by atoms with van der Waals surface area (Å²) in [7, 11) is 0. The molecule has 1 aliphatic carbocycles. The van der Waals surface area contributed by atoms with Crippen molar-refractivity contribution in [2.45, 2.75) is 31.6 Å². The van der Waals surface area contributed by atoms with Crippen LogP contribution in [0.5, 0.6) is 0 Å². The highest BCUT2D eigenvalue weighted by molar-refractivity contribution is 5.51. The van der Waals surface area contributed by atoms with Crippen LogP contribution in [0.4, 0.5) is 11.6 Å². The van der Waals surface area contributed by atoms with E-state index in [0.717, 1.165) is 5.82 Å². The molecule has 1 fully saturated rings. The number of nitrogens with zero attached hydrogens (tertiary/aromatic N) is 4. The van der Waals surface area contributed by atoms with Crippen LogP contribution in [0.1, 0.15) is 43.0 Å². The molecule has 19 heavy (non-hydrogen) atoms. The molecule has 6 nitrogen and oxygen atoms in total. The molecule has 3 rings (SSSR count). The number of rotatable bonds is 3. The van der Waals surface area contributed by atoms with Crippen LogP contribution in [0, 0.1) is 11.3 Å². The van der Waals surface area contributed by atoms with Gasteiger partial charge in [-0.15, -0.1) is 0 Å². The number of aromatic nitrogens is 4. The Hall–Kier alpha value is -2.42. The summed E-state index contributed by atoms with van der Waals surface area (Å²) in [5.41, 5.74) is 1.49. The van der Waals surface area contributed by atoms with Gasteiger partial charge < -0.3 is 5.32 Å². The fraction of sp³-hybridized carbons (Fsp3) is 0.385. The Morgan fingerprint density at radius 2 is 2.05 bits per heavy atom. The van der Waals surface area contributed by atoms with Crippen molar-refractivity contribution < 1.29 is 0 Å². The third kappa shape index (κ3) is 2.55. The molecule has 2 aromatic rings. The molecule has 0 amide bonds. The summed E-state index contributed by atoms with van der Waals surface area (Å²) >= 11 is 0. The van der Waals surface area contributed by atoms with Crippen LogP contribution in [0.2, 0.25) is 0 Å². The molecule has 2 heterocycles. The molecule has 0 aliphatic heterocycles. The summed E-state index contributed by atoms with van der Waals surface area (Å²) in [6, 6.07) is 3.96. The van der Waals surface area contributed by atoms with Crippen LogP contribution in [0.15, 0.2) is 18.5 Å². The van der Waals surface area contributed by atoms with Crippen LogP contribution in [0.3, 0.4) is 0 Å². The van der Waals surface area contributed by atoms with Crippen LogP contribution < -0.4 is 5.32 Å². The van der Waals surface area contributed by atoms with Gasteiger partial charge in [-0.3, -0.25) is 5.10 Å². The van der Waals surface area contributed by atoms with Crippen LogP contribution in [-0.4, -0.2) is 20.2 Å². The number of H-pyrrole nitrogens is 1. The van der Waals surface area contributed by atoms with Crippen molar-refractivity contribution in [2.75, 3.05) is 5.32 Å². The van der Waals surface area contributed by atoms with Gasteiger partial charge in [0.15, 0.2) is 11.5 Å². The molecular weight excluding hydrogens is 240 g/mol. The molecule has 0 unspecified atom stereocenters. The number of nitriles is 1. The molecule has 2 aromatic heterocycles. The first kappa shape index (κ1) is 11.7. The average Bonchev–Trinajstić information content (AvgIpc) is 3.10. The van der Waals surface area contributed by atoms with Crippen molar-refractivity contribution in [3.8, 4) is 6.07 Å². The van der Waals surface area contributed by atoms with Crippen molar-refractivity contribution in [3.63, 3.8) is 0 Å². The predicted molar refractivity (Wildman–Crippen MR) is 69.8 cm³/mol. The zero-order chi connectivity index (χ0) is 13.1. The van der Waals surface area contributed by atoms with Gasteiger partial charge in [0.2, 0.25) is 0 Å². The molecule has 1 saturated carbocycles. The molecule has 2 N–H and O–H groups in total. The van der Waals surface area contributed by atoms with E-state index in [1.54, 1.807) is 0 Å². The molecule has 0 radical (unpaired) electrons. The summed E-state index contributed by atoms with van der Waals surface area (Å²) in [6.07, 6.45) is 8.03. The van der Waals surface area contributed by atoms with E-state index in [1.165, 1.54) is 43.8 Å². The molecular formula is C13H14N6. The standard InChI is InChI=1S/C13H14N6/c14-6-10-7-16-13(8-15-10)17-12-5-11(18-19-12)9-3-1-2-4-9/h5,7-9H,1-4H2,(H2,16,17,18,19). The minimum absolute atomic E-state index is 0.305. The van der Waals surface area contributed by atoms with Gasteiger partial charge in [-0.25, -0.2) is 9.97 Å². The molecule has 6 heteroatoms. The summed E-state index contributed by atoms with van der Waals surface area (Å²) in [5.74, 6) is 1.93. The van der Waals surface area contributed by atoms with Gasteiger partial charge in [0.25, 0.3) is 0 Å². The number of anilines is 2. The maximum Gasteiger partial charge on any atom is 0.158 e. The Morgan fingerprint density at radius 1 is 1.21 bits per heavy atom. The Balaban J connectivity index is 1.70. The zero-order valence-electron chi connectivity index (χ0n) is 10.4. The first-order chi connectivity index (χ1) is 9.35. The lowest BCUT2D eigenvalue weighted by Gasteiger charge is -2.03. The van der Waals surface area contributed by atoms with Gasteiger partial charge in [-0.2, -0.15) is 10.4 Å². The van der Waals surface area contributed by atoms with E-state index >= 15 is 0 Å². The summed E-state index contributed by atoms with van der Waals surface area (Å²) in [5, 5.41) is 19.0. The average molecular weight is 254 g/mol. The third-order valence-corrected chi connectivity index (χ3v) is 3.42. The second-order valence-electron chi connectivity index (χ2n) is 4.71. The van der Waals surface area contributed by atoms with Crippen molar-refractivity contribution in [1.82, 2.24) is 20.2 Å². The molecule has 96 valence electrons. The van der Waals surface area contributed by atoms with Gasteiger partial charge in [-0.1, -0.05) is 12.8 Å². The van der Waals surface area contributed by atoms with Crippen molar-refractivity contribution >= 4 is 11.6 Å². The van der Waals surface area contributed by atoms with E-state index in [1.807, 2.05) is 12.1 Å². The monoisotopic (exact) mass is 254 g/mol. The zero-order valence-corrected chi connectivity index (χ0v) is 10.4. The third-order valence-electron chi connectivity index (χ3n) is 3.42. The SMILES string of the molecule is N#Cc1cnc(Nc2cc(C3CCCC3)[nH]n2)cn1. The largest absolute Gasteiger partial charge is 0.322 e. The van der Waals surface area contributed by atoms with E-state index < -0.39 is 0 Å². The fourth-order valence-electron chi connectivity index (χ4n) is 2.43. The van der Waals surface area contributed by atoms with Crippen molar-refractivity contribution in [3.05, 3.63) is 29.8 Å². The molecule has 0 spiro atoms. The molecule has 0 aromatic carbocycles. The highest BCUT2D eigenvalue weighted by Gasteiger charge is 2.19. The van der Waals surface area contributed by atoms with Crippen LogP contribution in [-0.2, 0) is 0 Å². The van der Waals surface area contributed by atoms with Gasteiger partial charge >= 0.3 is 0 Å². The van der Waals surface area contributed by atoms with E-state index in [4.69, 9.17) is 5.26 Å². The summed E-state index contributed by atoms with van der Waals surface area (Å²) in [6.45, 7) is 0. The Morgan fingerprint density at radius 3 is 2.74 bits per heavy atom. The van der Waals surface area contributed by atoms with Gasteiger partial charge in [0.05, 0.1) is 12.4 Å². The molecule has 0 saturated heterocycles. The quantitative estimate of drug-likeness (QED) is 0.878. The van der Waals surface area contributed by atoms with Gasteiger partial charge in [0.1, 0.15) is 11.9 Å². The maximum atomic E-state index is 8.65. The molecule has 1 aliphatic rings. The van der Waals surface area contributed by atoms with Gasteiger partial charge in [-0.05, 0) is 12.8 Å². The van der Waals surface area contributed by atoms with E-state index in [2.05, 4.69) is 25.5 Å². The predicted octanol–water partition coefficient (Wildman–Crippen LogP) is 2.47. The summed E-state index contributed by atoms with van der Waals surface area (Å²) < 4.78 is 0. The number of hydrogen-bond acceptors (Lipinski definition) is 5. The van der Waals surface area contributed by atoms with E-state index in [-0.39, 0.29) is 0 Å². The normalized spacial score (nSPS) is 15.3. The first-order valence-electron chi connectivity index (χ1n) is 6.39. The minimum Gasteiger partial charge on any atom is -0.322 e. The minimum atomic E-state index is 0.305. The number of aromatic amines is 1. The highest BCUT2D eigenvalue weighted by Crippen LogP contribution is 2.33. The van der Waals surface area contributed by atoms with E-state index in [0.29, 0.717) is 17.4 Å². The van der Waals surface area contributed by atoms with Gasteiger partial charge in [0, 0.05) is 17.7 Å². The van der Waals surface area contributed by atoms with E-state index in [9.17, 15) is 0 Å². The Labute approximate surface area is 110 Å². The Bertz CT molecular complexity index is 588.